The summed E-state index contributed by atoms with van der Waals surface area (Å²) in [5.74, 6) is 0.723. The van der Waals surface area contributed by atoms with Crippen LogP contribution < -0.4 is 4.74 Å². The summed E-state index contributed by atoms with van der Waals surface area (Å²) < 4.78 is 5.55. The molecule has 0 saturated carbocycles. The molecule has 0 aliphatic heterocycles. The van der Waals surface area contributed by atoms with Crippen LogP contribution in [0.15, 0.2) is 42.6 Å². The summed E-state index contributed by atoms with van der Waals surface area (Å²) >= 11 is 5.69. The van der Waals surface area contributed by atoms with Gasteiger partial charge in [0.05, 0.1) is 12.8 Å². The molecule has 0 N–H and O–H groups in total. The Morgan fingerprint density at radius 1 is 1.16 bits per heavy atom. The predicted molar refractivity (Wildman–Crippen MR) is 74.9 cm³/mol. The molecule has 0 atom stereocenters. The Balaban J connectivity index is 1.74. The standard InChI is InChI=1S/C15H14ClNO2/c16-15-8-7-14(10-17-15)19-9-1-2-12-3-5-13(11-18)6-4-12/h3-8,10-11H,1-2,9H2. The first kappa shape index (κ1) is 13.6. The van der Waals surface area contributed by atoms with Crippen LogP contribution in [0.2, 0.25) is 5.15 Å². The molecule has 1 aromatic carbocycles. The van der Waals surface area contributed by atoms with Crippen molar-refractivity contribution in [2.75, 3.05) is 6.61 Å². The highest BCUT2D eigenvalue weighted by atomic mass is 35.5. The summed E-state index contributed by atoms with van der Waals surface area (Å²) in [6.07, 6.45) is 4.28. The van der Waals surface area contributed by atoms with E-state index < -0.39 is 0 Å². The Kier molecular flexibility index (Phi) is 4.93. The van der Waals surface area contributed by atoms with Crippen molar-refractivity contribution >= 4 is 17.9 Å². The molecule has 4 heteroatoms. The third-order valence-electron chi connectivity index (χ3n) is 2.69. The maximum Gasteiger partial charge on any atom is 0.150 e. The molecule has 0 spiro atoms. The van der Waals surface area contributed by atoms with Crippen LogP contribution in [0.1, 0.15) is 22.3 Å². The third-order valence-corrected chi connectivity index (χ3v) is 2.92. The summed E-state index contributed by atoms with van der Waals surface area (Å²) in [6.45, 7) is 0.624. The van der Waals surface area contributed by atoms with E-state index in [0.29, 0.717) is 17.3 Å². The third kappa shape index (κ3) is 4.38. The van der Waals surface area contributed by atoms with Crippen LogP contribution in [-0.2, 0) is 6.42 Å². The van der Waals surface area contributed by atoms with E-state index in [-0.39, 0.29) is 0 Å². The van der Waals surface area contributed by atoms with Gasteiger partial charge in [0, 0.05) is 5.56 Å². The van der Waals surface area contributed by atoms with Crippen LogP contribution in [0.5, 0.6) is 5.75 Å². The number of rotatable bonds is 6. The van der Waals surface area contributed by atoms with Crippen molar-refractivity contribution < 1.29 is 9.53 Å². The molecule has 0 radical (unpaired) electrons. The van der Waals surface area contributed by atoms with Gasteiger partial charge in [-0.15, -0.1) is 0 Å². The van der Waals surface area contributed by atoms with E-state index in [0.717, 1.165) is 24.9 Å². The smallest absolute Gasteiger partial charge is 0.150 e. The molecule has 0 aliphatic carbocycles. The van der Waals surface area contributed by atoms with Crippen molar-refractivity contribution in [1.82, 2.24) is 4.98 Å². The van der Waals surface area contributed by atoms with E-state index in [9.17, 15) is 4.79 Å². The van der Waals surface area contributed by atoms with Gasteiger partial charge in [-0.2, -0.15) is 0 Å². The molecular weight excluding hydrogens is 262 g/mol. The molecule has 3 nitrogen and oxygen atoms in total. The van der Waals surface area contributed by atoms with Gasteiger partial charge < -0.3 is 4.74 Å². The number of aromatic nitrogens is 1. The maximum absolute atomic E-state index is 10.5. The molecule has 0 amide bonds. The fourth-order valence-corrected chi connectivity index (χ4v) is 1.79. The van der Waals surface area contributed by atoms with Gasteiger partial charge in [-0.25, -0.2) is 4.98 Å². The van der Waals surface area contributed by atoms with E-state index in [4.69, 9.17) is 16.3 Å². The van der Waals surface area contributed by atoms with Crippen molar-refractivity contribution in [2.45, 2.75) is 12.8 Å². The van der Waals surface area contributed by atoms with Crippen molar-refractivity contribution in [3.8, 4) is 5.75 Å². The lowest BCUT2D eigenvalue weighted by Crippen LogP contribution is -1.99. The average molecular weight is 276 g/mol. The number of aryl methyl sites for hydroxylation is 1. The average Bonchev–Trinajstić information content (AvgIpc) is 2.46. The highest BCUT2D eigenvalue weighted by Gasteiger charge is 1.97. The molecule has 0 saturated heterocycles. The largest absolute Gasteiger partial charge is 0.492 e. The topological polar surface area (TPSA) is 39.2 Å². The number of aldehydes is 1. The Bertz CT molecular complexity index is 523. The summed E-state index contributed by atoms with van der Waals surface area (Å²) in [5, 5.41) is 0.461. The molecule has 0 bridgehead atoms. The van der Waals surface area contributed by atoms with Crippen molar-refractivity contribution in [1.29, 1.82) is 0 Å². The number of carbonyl (C=O) groups excluding carboxylic acids is 1. The quantitative estimate of drug-likeness (QED) is 0.460. The molecule has 98 valence electrons. The highest BCUT2D eigenvalue weighted by Crippen LogP contribution is 2.13. The Morgan fingerprint density at radius 3 is 2.58 bits per heavy atom. The van der Waals surface area contributed by atoms with Crippen LogP contribution in [0.25, 0.3) is 0 Å². The van der Waals surface area contributed by atoms with E-state index in [1.807, 2.05) is 24.3 Å². The molecule has 19 heavy (non-hydrogen) atoms. The second kappa shape index (κ2) is 6.90. The molecule has 2 rings (SSSR count). The van der Waals surface area contributed by atoms with E-state index in [1.165, 1.54) is 5.56 Å². The monoisotopic (exact) mass is 275 g/mol. The lowest BCUT2D eigenvalue weighted by atomic mass is 10.1. The van der Waals surface area contributed by atoms with Gasteiger partial charge in [-0.05, 0) is 30.5 Å². The normalized spacial score (nSPS) is 10.2. The molecular formula is C15H14ClNO2. The summed E-state index contributed by atoms with van der Waals surface area (Å²) in [4.78, 5) is 14.5. The van der Waals surface area contributed by atoms with Crippen molar-refractivity contribution in [3.05, 3.63) is 58.9 Å². The number of halogens is 1. The Morgan fingerprint density at radius 2 is 1.95 bits per heavy atom. The highest BCUT2D eigenvalue weighted by molar-refractivity contribution is 6.29. The molecule has 1 heterocycles. The lowest BCUT2D eigenvalue weighted by Gasteiger charge is -2.06. The molecule has 0 unspecified atom stereocenters. The summed E-state index contributed by atoms with van der Waals surface area (Å²) in [7, 11) is 0. The number of pyridine rings is 1. The van der Waals surface area contributed by atoms with Gasteiger partial charge in [0.2, 0.25) is 0 Å². The van der Waals surface area contributed by atoms with Crippen molar-refractivity contribution in [3.63, 3.8) is 0 Å². The minimum absolute atomic E-state index is 0.461. The second-order valence-electron chi connectivity index (χ2n) is 4.13. The first-order valence-corrected chi connectivity index (χ1v) is 6.44. The fourth-order valence-electron chi connectivity index (χ4n) is 1.68. The van der Waals surface area contributed by atoms with Gasteiger partial charge in [-0.3, -0.25) is 4.79 Å². The van der Waals surface area contributed by atoms with Gasteiger partial charge in [0.25, 0.3) is 0 Å². The van der Waals surface area contributed by atoms with Crippen LogP contribution in [0, 0.1) is 0 Å². The van der Waals surface area contributed by atoms with Crippen molar-refractivity contribution in [2.24, 2.45) is 0 Å². The van der Waals surface area contributed by atoms with E-state index in [2.05, 4.69) is 4.98 Å². The van der Waals surface area contributed by atoms with Gasteiger partial charge in [0.1, 0.15) is 17.2 Å². The minimum atomic E-state index is 0.461. The number of benzene rings is 1. The van der Waals surface area contributed by atoms with Crippen LogP contribution in [-0.4, -0.2) is 17.9 Å². The fraction of sp³-hybridized carbons (Fsp3) is 0.200. The first-order valence-electron chi connectivity index (χ1n) is 6.06. The zero-order valence-corrected chi connectivity index (χ0v) is 11.1. The Labute approximate surface area is 117 Å². The maximum atomic E-state index is 10.5. The number of hydrogen-bond acceptors (Lipinski definition) is 3. The molecule has 1 aromatic heterocycles. The molecule has 2 aromatic rings. The molecule has 0 aliphatic rings. The van der Waals surface area contributed by atoms with E-state index in [1.54, 1.807) is 18.3 Å². The lowest BCUT2D eigenvalue weighted by molar-refractivity contribution is 0.112. The van der Waals surface area contributed by atoms with Gasteiger partial charge in [0.15, 0.2) is 0 Å². The number of nitrogens with zero attached hydrogens (tertiary/aromatic N) is 1. The number of carbonyl (C=O) groups is 1. The van der Waals surface area contributed by atoms with Crippen LogP contribution >= 0.6 is 11.6 Å². The Hall–Kier alpha value is -1.87. The second-order valence-corrected chi connectivity index (χ2v) is 4.52. The zero-order chi connectivity index (χ0) is 13.5. The van der Waals surface area contributed by atoms with Crippen LogP contribution in [0.4, 0.5) is 0 Å². The molecule has 0 fully saturated rings. The first-order chi connectivity index (χ1) is 9.28. The number of hydrogen-bond donors (Lipinski definition) is 0. The van der Waals surface area contributed by atoms with Gasteiger partial charge >= 0.3 is 0 Å². The van der Waals surface area contributed by atoms with E-state index >= 15 is 0 Å². The minimum Gasteiger partial charge on any atom is -0.492 e. The predicted octanol–water partition coefficient (Wildman–Crippen LogP) is 3.56. The van der Waals surface area contributed by atoms with Gasteiger partial charge in [-0.1, -0.05) is 35.9 Å². The summed E-state index contributed by atoms with van der Waals surface area (Å²) in [6, 6.07) is 11.1. The zero-order valence-electron chi connectivity index (χ0n) is 10.4. The van der Waals surface area contributed by atoms with Crippen LogP contribution in [0.3, 0.4) is 0 Å². The summed E-state index contributed by atoms with van der Waals surface area (Å²) in [5.41, 5.74) is 1.90. The number of ether oxygens (including phenoxy) is 1. The SMILES string of the molecule is O=Cc1ccc(CCCOc2ccc(Cl)nc2)cc1.